The van der Waals surface area contributed by atoms with Crippen molar-refractivity contribution in [3.8, 4) is 0 Å². The average Bonchev–Trinajstić information content (AvgIpc) is 3.14. The molecule has 0 aliphatic carbocycles. The van der Waals surface area contributed by atoms with Crippen LogP contribution in [0.15, 0.2) is 24.3 Å². The van der Waals surface area contributed by atoms with Crippen LogP contribution in [0, 0.1) is 5.92 Å². The van der Waals surface area contributed by atoms with Gasteiger partial charge < -0.3 is 14.8 Å². The van der Waals surface area contributed by atoms with E-state index in [0.29, 0.717) is 19.0 Å². The molecule has 1 aromatic carbocycles. The molecule has 0 bridgehead atoms. The van der Waals surface area contributed by atoms with E-state index in [1.54, 1.807) is 0 Å². The van der Waals surface area contributed by atoms with E-state index >= 15 is 0 Å². The van der Waals surface area contributed by atoms with Crippen LogP contribution >= 0.6 is 0 Å². The van der Waals surface area contributed by atoms with Gasteiger partial charge in [-0.2, -0.15) is 0 Å². The molecule has 3 unspecified atom stereocenters. The quantitative estimate of drug-likeness (QED) is 0.907. The summed E-state index contributed by atoms with van der Waals surface area (Å²) in [6.45, 7) is 2.83. The number of fused-ring (bicyclic) bond motifs is 1. The first-order valence-corrected chi connectivity index (χ1v) is 7.86. The summed E-state index contributed by atoms with van der Waals surface area (Å²) >= 11 is 0. The Labute approximate surface area is 124 Å². The molecule has 1 aromatic rings. The number of ether oxygens (including phenoxy) is 2. The summed E-state index contributed by atoms with van der Waals surface area (Å²) in [5.74, 6) is 0.490. The van der Waals surface area contributed by atoms with Crippen molar-refractivity contribution in [2.45, 2.75) is 30.8 Å². The van der Waals surface area contributed by atoms with Gasteiger partial charge in [0.05, 0.1) is 18.1 Å². The molecule has 4 nitrogen and oxygen atoms in total. The molecule has 3 atom stereocenters. The lowest BCUT2D eigenvalue weighted by atomic mass is 9.78. The molecule has 2 fully saturated rings. The number of carbonyl (C=O) groups excluding carboxylic acids is 1. The molecule has 1 spiro atoms. The number of rotatable bonds is 2. The summed E-state index contributed by atoms with van der Waals surface area (Å²) in [5, 5.41) is 3.35. The highest BCUT2D eigenvalue weighted by Gasteiger charge is 2.44. The molecule has 0 saturated carbocycles. The first kappa shape index (κ1) is 13.3. The van der Waals surface area contributed by atoms with Gasteiger partial charge in [0.25, 0.3) is 0 Å². The van der Waals surface area contributed by atoms with Crippen molar-refractivity contribution in [1.29, 1.82) is 0 Å². The summed E-state index contributed by atoms with van der Waals surface area (Å²) in [4.78, 5) is 13.0. The Hall–Kier alpha value is -1.39. The number of benzene rings is 1. The molecule has 4 heteroatoms. The summed E-state index contributed by atoms with van der Waals surface area (Å²) < 4.78 is 11.4. The van der Waals surface area contributed by atoms with Crippen molar-refractivity contribution in [3.63, 3.8) is 0 Å². The lowest BCUT2D eigenvalue weighted by molar-refractivity contribution is -0.138. The predicted molar refractivity (Wildman–Crippen MR) is 79.5 cm³/mol. The summed E-state index contributed by atoms with van der Waals surface area (Å²) in [6, 6.07) is 8.16. The van der Waals surface area contributed by atoms with Crippen LogP contribution in [-0.2, 0) is 14.3 Å². The van der Waals surface area contributed by atoms with Crippen LogP contribution in [0.4, 0.5) is 5.69 Å². The Kier molecular flexibility index (Phi) is 3.23. The Bertz CT molecular complexity index is 551. The van der Waals surface area contributed by atoms with Crippen molar-refractivity contribution in [2.24, 2.45) is 5.92 Å². The van der Waals surface area contributed by atoms with E-state index in [1.165, 1.54) is 0 Å². The second-order valence-electron chi connectivity index (χ2n) is 6.45. The second-order valence-corrected chi connectivity index (χ2v) is 6.45. The van der Waals surface area contributed by atoms with E-state index in [1.807, 2.05) is 12.1 Å². The molecule has 0 amide bonds. The zero-order valence-electron chi connectivity index (χ0n) is 12.1. The predicted octanol–water partition coefficient (Wildman–Crippen LogP) is 2.35. The van der Waals surface area contributed by atoms with Crippen molar-refractivity contribution in [1.82, 2.24) is 0 Å². The van der Waals surface area contributed by atoms with E-state index in [-0.39, 0.29) is 17.4 Å². The first-order valence-electron chi connectivity index (χ1n) is 7.86. The SMILES string of the molecule is O=C(C1CCOC2(CCOC2)C1)C1CNc2ccccc21. The molecule has 3 heterocycles. The van der Waals surface area contributed by atoms with Crippen molar-refractivity contribution in [2.75, 3.05) is 31.7 Å². The first-order chi connectivity index (χ1) is 10.3. The van der Waals surface area contributed by atoms with E-state index in [0.717, 1.165) is 43.7 Å². The molecular formula is C17H21NO3. The zero-order valence-corrected chi connectivity index (χ0v) is 12.1. The minimum Gasteiger partial charge on any atom is -0.384 e. The zero-order chi connectivity index (χ0) is 14.3. The lowest BCUT2D eigenvalue weighted by Gasteiger charge is -2.37. The van der Waals surface area contributed by atoms with Crippen LogP contribution in [0.1, 0.15) is 30.7 Å². The molecule has 112 valence electrons. The smallest absolute Gasteiger partial charge is 0.145 e. The van der Waals surface area contributed by atoms with Gasteiger partial charge in [0.15, 0.2) is 0 Å². The number of hydrogen-bond donors (Lipinski definition) is 1. The van der Waals surface area contributed by atoms with E-state index in [9.17, 15) is 4.79 Å². The average molecular weight is 287 g/mol. The van der Waals surface area contributed by atoms with Crippen LogP contribution in [0.3, 0.4) is 0 Å². The summed E-state index contributed by atoms with van der Waals surface area (Å²) in [5.41, 5.74) is 2.08. The number of hydrogen-bond acceptors (Lipinski definition) is 4. The maximum atomic E-state index is 13.0. The van der Waals surface area contributed by atoms with Gasteiger partial charge in [0.1, 0.15) is 5.78 Å². The standard InChI is InChI=1S/C17H21NO3/c19-16(14-10-18-15-4-2-1-3-13(14)15)12-5-7-21-17(9-12)6-8-20-11-17/h1-4,12,14,18H,5-11H2. The lowest BCUT2D eigenvalue weighted by Crippen LogP contribution is -2.43. The minimum absolute atomic E-state index is 0.00340. The van der Waals surface area contributed by atoms with Gasteiger partial charge >= 0.3 is 0 Å². The van der Waals surface area contributed by atoms with Crippen molar-refractivity contribution >= 4 is 11.5 Å². The van der Waals surface area contributed by atoms with Gasteiger partial charge in [-0.05, 0) is 24.5 Å². The van der Waals surface area contributed by atoms with E-state index in [4.69, 9.17) is 9.47 Å². The number of Topliss-reactive ketones (excluding diaryl/α,β-unsaturated/α-hetero) is 1. The highest BCUT2D eigenvalue weighted by atomic mass is 16.6. The number of nitrogens with one attached hydrogen (secondary N) is 1. The molecule has 0 radical (unpaired) electrons. The van der Waals surface area contributed by atoms with Crippen molar-refractivity contribution in [3.05, 3.63) is 29.8 Å². The fourth-order valence-electron chi connectivity index (χ4n) is 3.96. The second kappa shape index (κ2) is 5.11. The summed E-state index contributed by atoms with van der Waals surface area (Å²) in [6.07, 6.45) is 2.60. The minimum atomic E-state index is -0.190. The van der Waals surface area contributed by atoms with Gasteiger partial charge in [-0.1, -0.05) is 18.2 Å². The highest BCUT2D eigenvalue weighted by Crippen LogP contribution is 2.40. The number of carbonyl (C=O) groups is 1. The molecular weight excluding hydrogens is 266 g/mol. The van der Waals surface area contributed by atoms with Gasteiger partial charge in [-0.15, -0.1) is 0 Å². The maximum Gasteiger partial charge on any atom is 0.145 e. The molecule has 4 rings (SSSR count). The van der Waals surface area contributed by atoms with Gasteiger partial charge in [-0.3, -0.25) is 4.79 Å². The summed E-state index contributed by atoms with van der Waals surface area (Å²) in [7, 11) is 0. The third-order valence-corrected chi connectivity index (χ3v) is 5.14. The van der Waals surface area contributed by atoms with Crippen LogP contribution in [0.5, 0.6) is 0 Å². The molecule has 2 saturated heterocycles. The van der Waals surface area contributed by atoms with E-state index < -0.39 is 0 Å². The third-order valence-electron chi connectivity index (χ3n) is 5.14. The molecule has 0 aromatic heterocycles. The van der Waals surface area contributed by atoms with Gasteiger partial charge in [0, 0.05) is 37.8 Å². The highest BCUT2D eigenvalue weighted by molar-refractivity contribution is 5.91. The Balaban J connectivity index is 1.53. The van der Waals surface area contributed by atoms with Crippen LogP contribution in [-0.4, -0.2) is 37.7 Å². The third kappa shape index (κ3) is 2.27. The van der Waals surface area contributed by atoms with Crippen LogP contribution in [0.25, 0.3) is 0 Å². The fraction of sp³-hybridized carbons (Fsp3) is 0.588. The van der Waals surface area contributed by atoms with Gasteiger partial charge in [-0.25, -0.2) is 0 Å². The topological polar surface area (TPSA) is 47.6 Å². The molecule has 1 N–H and O–H groups in total. The number of para-hydroxylation sites is 1. The number of ketones is 1. The Morgan fingerprint density at radius 1 is 1.29 bits per heavy atom. The largest absolute Gasteiger partial charge is 0.384 e. The maximum absolute atomic E-state index is 13.0. The van der Waals surface area contributed by atoms with E-state index in [2.05, 4.69) is 17.4 Å². The van der Waals surface area contributed by atoms with Crippen LogP contribution < -0.4 is 5.32 Å². The normalized spacial score (nSPS) is 34.7. The van der Waals surface area contributed by atoms with Crippen LogP contribution in [0.2, 0.25) is 0 Å². The fourth-order valence-corrected chi connectivity index (χ4v) is 3.96. The molecule has 21 heavy (non-hydrogen) atoms. The monoisotopic (exact) mass is 287 g/mol. The van der Waals surface area contributed by atoms with Gasteiger partial charge in [0.2, 0.25) is 0 Å². The van der Waals surface area contributed by atoms with Crippen molar-refractivity contribution < 1.29 is 14.3 Å². The molecule has 3 aliphatic heterocycles. The Morgan fingerprint density at radius 3 is 3.05 bits per heavy atom. The Morgan fingerprint density at radius 2 is 2.19 bits per heavy atom. The molecule has 3 aliphatic rings. The number of anilines is 1.